The smallest absolute Gasteiger partial charge is 0.0884 e. The Bertz CT molecular complexity index is 286. The largest absolute Gasteiger partial charge is 0.394 e. The van der Waals surface area contributed by atoms with Crippen LogP contribution in [0.5, 0.6) is 0 Å². The molecule has 1 aromatic rings. The van der Waals surface area contributed by atoms with E-state index in [1.54, 1.807) is 0 Å². The number of hydrogen-bond acceptors (Lipinski definition) is 4. The van der Waals surface area contributed by atoms with E-state index in [0.717, 1.165) is 5.56 Å². The molecule has 0 aliphatic heterocycles. The molecule has 0 unspecified atom stereocenters. The molecule has 15 heavy (non-hydrogen) atoms. The average molecular weight is 214 g/mol. The minimum Gasteiger partial charge on any atom is -0.394 e. The summed E-state index contributed by atoms with van der Waals surface area (Å²) < 4.78 is 1.91. The number of rotatable bonds is 6. The third-order valence-corrected chi connectivity index (χ3v) is 2.47. The van der Waals surface area contributed by atoms with Crippen LogP contribution in [0.4, 0.5) is 0 Å². The number of aryl methyl sites for hydroxylation is 1. The maximum Gasteiger partial charge on any atom is 0.0884 e. The van der Waals surface area contributed by atoms with Crippen LogP contribution in [-0.2, 0) is 13.6 Å². The molecule has 0 saturated carbocycles. The average Bonchev–Trinajstić information content (AvgIpc) is 2.67. The van der Waals surface area contributed by atoms with Crippen molar-refractivity contribution in [2.75, 3.05) is 19.8 Å². The van der Waals surface area contributed by atoms with Crippen LogP contribution in [0.3, 0.4) is 0 Å². The maximum absolute atomic E-state index is 9.07. The zero-order valence-electron chi connectivity index (χ0n) is 8.85. The highest BCUT2D eigenvalue weighted by Gasteiger charge is 2.26. The number of aliphatic hydroxyl groups is 3. The van der Waals surface area contributed by atoms with Gasteiger partial charge in [0.05, 0.1) is 25.4 Å². The molecule has 1 aromatic heterocycles. The van der Waals surface area contributed by atoms with Gasteiger partial charge in [0.1, 0.15) is 0 Å². The Hall–Kier alpha value is -0.880. The normalized spacial score (nSPS) is 12.0. The second-order valence-corrected chi connectivity index (χ2v) is 3.79. The quantitative estimate of drug-likeness (QED) is 0.481. The minimum atomic E-state index is -1.00. The predicted molar refractivity (Wildman–Crippen MR) is 56.2 cm³/mol. The van der Waals surface area contributed by atoms with Crippen LogP contribution in [0.1, 0.15) is 5.56 Å². The van der Waals surface area contributed by atoms with Gasteiger partial charge in [-0.3, -0.25) is 0 Å². The summed E-state index contributed by atoms with van der Waals surface area (Å²) in [5.41, 5.74) is 0.0350. The molecule has 0 fully saturated rings. The van der Waals surface area contributed by atoms with Crippen molar-refractivity contribution in [1.29, 1.82) is 0 Å². The highest BCUT2D eigenvalue weighted by Crippen LogP contribution is 2.05. The summed E-state index contributed by atoms with van der Waals surface area (Å²) in [6.45, 7) is -0.394. The van der Waals surface area contributed by atoms with Gasteiger partial charge in [0.25, 0.3) is 0 Å². The highest BCUT2D eigenvalue weighted by molar-refractivity contribution is 5.10. The maximum atomic E-state index is 9.07. The number of nitrogens with zero attached hydrogens (tertiary/aromatic N) is 1. The molecule has 1 heterocycles. The van der Waals surface area contributed by atoms with Gasteiger partial charge in [0, 0.05) is 26.0 Å². The molecule has 4 N–H and O–H groups in total. The van der Waals surface area contributed by atoms with E-state index in [9.17, 15) is 0 Å². The summed E-state index contributed by atoms with van der Waals surface area (Å²) in [6, 6.07) is 1.93. The molecule has 5 nitrogen and oxygen atoms in total. The molecule has 0 aliphatic carbocycles. The lowest BCUT2D eigenvalue weighted by atomic mass is 10.0. The summed E-state index contributed by atoms with van der Waals surface area (Å²) in [5, 5.41) is 30.2. The molecule has 0 amide bonds. The molecule has 0 saturated heterocycles. The lowest BCUT2D eigenvalue weighted by Gasteiger charge is -2.28. The van der Waals surface area contributed by atoms with Crippen molar-refractivity contribution in [3.8, 4) is 0 Å². The second-order valence-electron chi connectivity index (χ2n) is 3.79. The molecular formula is C10H18N2O3. The van der Waals surface area contributed by atoms with Crippen LogP contribution in [0.15, 0.2) is 18.5 Å². The molecule has 0 bridgehead atoms. The van der Waals surface area contributed by atoms with Gasteiger partial charge in [-0.2, -0.15) is 0 Å². The van der Waals surface area contributed by atoms with Crippen LogP contribution in [-0.4, -0.2) is 45.2 Å². The molecule has 0 aliphatic rings. The molecule has 1 rings (SSSR count). The van der Waals surface area contributed by atoms with Crippen LogP contribution in [0, 0.1) is 0 Å². The third kappa shape index (κ3) is 3.04. The van der Waals surface area contributed by atoms with Crippen LogP contribution in [0.25, 0.3) is 0 Å². The van der Waals surface area contributed by atoms with Gasteiger partial charge in [0.15, 0.2) is 0 Å². The van der Waals surface area contributed by atoms with Crippen LogP contribution < -0.4 is 5.32 Å². The number of aliphatic hydroxyl groups excluding tert-OH is 3. The zero-order valence-corrected chi connectivity index (χ0v) is 8.85. The number of aromatic nitrogens is 1. The number of hydrogen-bond donors (Lipinski definition) is 4. The Kier molecular flexibility index (Phi) is 4.28. The van der Waals surface area contributed by atoms with Gasteiger partial charge in [-0.15, -0.1) is 0 Å². The Morgan fingerprint density at radius 2 is 1.87 bits per heavy atom. The molecule has 5 heteroatoms. The summed E-state index contributed by atoms with van der Waals surface area (Å²) in [4.78, 5) is 0. The van der Waals surface area contributed by atoms with Gasteiger partial charge in [0.2, 0.25) is 0 Å². The molecular weight excluding hydrogens is 196 g/mol. The lowest BCUT2D eigenvalue weighted by molar-refractivity contribution is 0.0414. The van der Waals surface area contributed by atoms with Gasteiger partial charge < -0.3 is 25.2 Å². The van der Waals surface area contributed by atoms with Gasteiger partial charge in [-0.1, -0.05) is 0 Å². The van der Waals surface area contributed by atoms with Crippen molar-refractivity contribution in [3.63, 3.8) is 0 Å². The van der Waals surface area contributed by atoms with Crippen LogP contribution >= 0.6 is 0 Å². The van der Waals surface area contributed by atoms with Gasteiger partial charge >= 0.3 is 0 Å². The fraction of sp³-hybridized carbons (Fsp3) is 0.600. The monoisotopic (exact) mass is 214 g/mol. The van der Waals surface area contributed by atoms with Gasteiger partial charge in [-0.05, 0) is 11.6 Å². The Morgan fingerprint density at radius 3 is 2.27 bits per heavy atom. The third-order valence-electron chi connectivity index (χ3n) is 2.47. The van der Waals surface area contributed by atoms with Crippen molar-refractivity contribution in [3.05, 3.63) is 24.0 Å². The van der Waals surface area contributed by atoms with Crippen molar-refractivity contribution < 1.29 is 15.3 Å². The Labute approximate surface area is 89.0 Å². The second kappa shape index (κ2) is 5.27. The fourth-order valence-electron chi connectivity index (χ4n) is 1.27. The van der Waals surface area contributed by atoms with Crippen molar-refractivity contribution >= 4 is 0 Å². The van der Waals surface area contributed by atoms with Crippen molar-refractivity contribution in [1.82, 2.24) is 9.88 Å². The summed E-state index contributed by atoms with van der Waals surface area (Å²) in [5.74, 6) is 0. The first-order chi connectivity index (χ1) is 7.15. The number of nitrogens with one attached hydrogen (secondary N) is 1. The summed E-state index contributed by atoms with van der Waals surface area (Å²) >= 11 is 0. The zero-order chi connectivity index (χ0) is 11.3. The first-order valence-electron chi connectivity index (χ1n) is 4.84. The Balaban J connectivity index is 2.54. The van der Waals surface area contributed by atoms with E-state index < -0.39 is 5.54 Å². The summed E-state index contributed by atoms with van der Waals surface area (Å²) in [7, 11) is 1.92. The minimum absolute atomic E-state index is 0.299. The SMILES string of the molecule is Cn1ccc(CNC(CO)(CO)CO)c1. The first-order valence-corrected chi connectivity index (χ1v) is 4.84. The molecule has 86 valence electrons. The van der Waals surface area contributed by atoms with E-state index in [1.807, 2.05) is 30.1 Å². The lowest BCUT2D eigenvalue weighted by Crippen LogP contribution is -2.54. The first kappa shape index (κ1) is 12.2. The Morgan fingerprint density at radius 1 is 1.27 bits per heavy atom. The van der Waals surface area contributed by atoms with E-state index in [0.29, 0.717) is 6.54 Å². The molecule has 0 radical (unpaired) electrons. The topological polar surface area (TPSA) is 77.7 Å². The fourth-order valence-corrected chi connectivity index (χ4v) is 1.27. The molecule has 0 atom stereocenters. The molecule has 0 aromatic carbocycles. The van der Waals surface area contributed by atoms with Crippen LogP contribution in [0.2, 0.25) is 0 Å². The van der Waals surface area contributed by atoms with Crippen molar-refractivity contribution in [2.24, 2.45) is 7.05 Å². The van der Waals surface area contributed by atoms with Gasteiger partial charge in [-0.25, -0.2) is 0 Å². The van der Waals surface area contributed by atoms with E-state index in [4.69, 9.17) is 15.3 Å². The molecule has 0 spiro atoms. The van der Waals surface area contributed by atoms with E-state index in [1.165, 1.54) is 0 Å². The van der Waals surface area contributed by atoms with E-state index in [2.05, 4.69) is 5.32 Å². The predicted octanol–water partition coefficient (Wildman–Crippen LogP) is -1.17. The standard InChI is InChI=1S/C10H18N2O3/c1-12-3-2-9(5-12)4-11-10(6-13,7-14)8-15/h2-3,5,11,13-15H,4,6-8H2,1H3. The van der Waals surface area contributed by atoms with E-state index >= 15 is 0 Å². The summed E-state index contributed by atoms with van der Waals surface area (Å²) in [6.07, 6.45) is 3.85. The highest BCUT2D eigenvalue weighted by atomic mass is 16.3. The van der Waals surface area contributed by atoms with Crippen molar-refractivity contribution in [2.45, 2.75) is 12.1 Å². The van der Waals surface area contributed by atoms with E-state index in [-0.39, 0.29) is 19.8 Å².